The van der Waals surface area contributed by atoms with Crippen molar-refractivity contribution in [2.24, 2.45) is 0 Å². The van der Waals surface area contributed by atoms with E-state index in [1.807, 2.05) is 10.8 Å². The number of aliphatic hydroxyl groups excluding tert-OH is 1. The molecule has 0 unspecified atom stereocenters. The zero-order valence-corrected chi connectivity index (χ0v) is 7.51. The third-order valence-corrected chi connectivity index (χ3v) is 1.41. The van der Waals surface area contributed by atoms with E-state index in [0.29, 0.717) is 6.04 Å². The molecule has 0 saturated carbocycles. The van der Waals surface area contributed by atoms with Crippen molar-refractivity contribution in [1.82, 2.24) is 9.55 Å². The maximum absolute atomic E-state index is 8.66. The van der Waals surface area contributed by atoms with Gasteiger partial charge in [0.2, 0.25) is 0 Å². The van der Waals surface area contributed by atoms with E-state index in [4.69, 9.17) is 5.11 Å². The highest BCUT2D eigenvalue weighted by Gasteiger charge is 1.98. The highest BCUT2D eigenvalue weighted by Crippen LogP contribution is 2.04. The van der Waals surface area contributed by atoms with Gasteiger partial charge in [0, 0.05) is 12.2 Å². The van der Waals surface area contributed by atoms with Gasteiger partial charge in [-0.05, 0) is 13.8 Å². The van der Waals surface area contributed by atoms with Crippen LogP contribution in [-0.2, 0) is 6.61 Å². The van der Waals surface area contributed by atoms with Crippen molar-refractivity contribution >= 4 is 12.4 Å². The molecular weight excluding hydrogens is 164 g/mol. The van der Waals surface area contributed by atoms with Crippen LogP contribution in [0.25, 0.3) is 0 Å². The lowest BCUT2D eigenvalue weighted by atomic mass is 10.4. The fourth-order valence-electron chi connectivity index (χ4n) is 0.744. The van der Waals surface area contributed by atoms with Crippen molar-refractivity contribution in [3.63, 3.8) is 0 Å². The zero-order valence-electron chi connectivity index (χ0n) is 6.69. The van der Waals surface area contributed by atoms with Gasteiger partial charge in [-0.2, -0.15) is 0 Å². The van der Waals surface area contributed by atoms with E-state index in [2.05, 4.69) is 18.8 Å². The molecular formula is C7H13ClN2O. The monoisotopic (exact) mass is 176 g/mol. The number of aromatic nitrogens is 2. The minimum Gasteiger partial charge on any atom is -0.390 e. The van der Waals surface area contributed by atoms with Crippen LogP contribution < -0.4 is 0 Å². The summed E-state index contributed by atoms with van der Waals surface area (Å²) >= 11 is 0. The van der Waals surface area contributed by atoms with Crippen molar-refractivity contribution in [1.29, 1.82) is 0 Å². The van der Waals surface area contributed by atoms with Gasteiger partial charge in [-0.15, -0.1) is 12.4 Å². The Balaban J connectivity index is 0.000001000. The van der Waals surface area contributed by atoms with Gasteiger partial charge in [-0.25, -0.2) is 4.98 Å². The summed E-state index contributed by atoms with van der Waals surface area (Å²) in [6, 6.07) is 0.424. The Hall–Kier alpha value is -0.540. The van der Waals surface area contributed by atoms with Crippen LogP contribution in [-0.4, -0.2) is 14.7 Å². The van der Waals surface area contributed by atoms with Gasteiger partial charge in [0.1, 0.15) is 0 Å². The molecule has 0 atom stereocenters. The van der Waals surface area contributed by atoms with E-state index >= 15 is 0 Å². The molecule has 64 valence electrons. The topological polar surface area (TPSA) is 38.0 Å². The highest BCUT2D eigenvalue weighted by molar-refractivity contribution is 5.85. The summed E-state index contributed by atoms with van der Waals surface area (Å²) in [5.41, 5.74) is 0.730. The minimum atomic E-state index is 0. The quantitative estimate of drug-likeness (QED) is 0.740. The van der Waals surface area contributed by atoms with Crippen LogP contribution >= 0.6 is 12.4 Å². The van der Waals surface area contributed by atoms with Crippen molar-refractivity contribution in [2.45, 2.75) is 26.5 Å². The van der Waals surface area contributed by atoms with Crippen LogP contribution in [0, 0.1) is 0 Å². The first-order chi connectivity index (χ1) is 4.74. The highest BCUT2D eigenvalue weighted by atomic mass is 35.5. The van der Waals surface area contributed by atoms with E-state index in [0.717, 1.165) is 5.69 Å². The second kappa shape index (κ2) is 4.36. The van der Waals surface area contributed by atoms with Gasteiger partial charge in [-0.1, -0.05) is 0 Å². The lowest BCUT2D eigenvalue weighted by Crippen LogP contribution is -1.95. The molecule has 0 aliphatic heterocycles. The van der Waals surface area contributed by atoms with E-state index in [9.17, 15) is 0 Å². The van der Waals surface area contributed by atoms with Crippen molar-refractivity contribution in [3.8, 4) is 0 Å². The Kier molecular flexibility index (Phi) is 4.15. The van der Waals surface area contributed by atoms with E-state index in [-0.39, 0.29) is 19.0 Å². The van der Waals surface area contributed by atoms with Crippen molar-refractivity contribution in [2.75, 3.05) is 0 Å². The maximum Gasteiger partial charge on any atom is 0.0952 e. The maximum atomic E-state index is 8.66. The molecule has 0 saturated heterocycles. The van der Waals surface area contributed by atoms with Crippen LogP contribution in [0.4, 0.5) is 0 Å². The molecule has 3 nitrogen and oxygen atoms in total. The summed E-state index contributed by atoms with van der Waals surface area (Å²) < 4.78 is 1.96. The molecule has 0 fully saturated rings. The standard InChI is InChI=1S/C7H12N2O.ClH/c1-6(2)9-3-7(4-10)8-5-9;/h3,5-6,10H,4H2,1-2H3;1H. The number of hydrogen-bond donors (Lipinski definition) is 1. The fourth-order valence-corrected chi connectivity index (χ4v) is 0.744. The Morgan fingerprint density at radius 2 is 2.27 bits per heavy atom. The molecule has 0 spiro atoms. The van der Waals surface area contributed by atoms with Gasteiger partial charge < -0.3 is 9.67 Å². The second-order valence-electron chi connectivity index (χ2n) is 2.56. The SMILES string of the molecule is CC(C)n1cnc(CO)c1.Cl. The first-order valence-electron chi connectivity index (χ1n) is 3.37. The lowest BCUT2D eigenvalue weighted by molar-refractivity contribution is 0.277. The first kappa shape index (κ1) is 10.5. The van der Waals surface area contributed by atoms with Crippen LogP contribution in [0.2, 0.25) is 0 Å². The predicted octanol–water partition coefficient (Wildman–Crippen LogP) is 1.38. The van der Waals surface area contributed by atoms with Crippen LogP contribution in [0.5, 0.6) is 0 Å². The van der Waals surface area contributed by atoms with Gasteiger partial charge in [-0.3, -0.25) is 0 Å². The molecule has 11 heavy (non-hydrogen) atoms. The first-order valence-corrected chi connectivity index (χ1v) is 3.37. The molecule has 0 aromatic carbocycles. The molecule has 0 amide bonds. The smallest absolute Gasteiger partial charge is 0.0952 e. The number of halogens is 1. The molecule has 0 aliphatic rings. The molecule has 1 aromatic heterocycles. The summed E-state index contributed by atoms with van der Waals surface area (Å²) in [7, 11) is 0. The lowest BCUT2D eigenvalue weighted by Gasteiger charge is -2.03. The number of imidazole rings is 1. The summed E-state index contributed by atoms with van der Waals surface area (Å²) in [5.74, 6) is 0. The molecule has 1 rings (SSSR count). The number of nitrogens with zero attached hydrogens (tertiary/aromatic N) is 2. The molecule has 1 heterocycles. The Morgan fingerprint density at radius 3 is 2.55 bits per heavy atom. The van der Waals surface area contributed by atoms with Crippen LogP contribution in [0.15, 0.2) is 12.5 Å². The van der Waals surface area contributed by atoms with E-state index in [1.54, 1.807) is 6.33 Å². The summed E-state index contributed by atoms with van der Waals surface area (Å²) in [6.07, 6.45) is 3.58. The average molecular weight is 177 g/mol. The Labute approximate surface area is 72.5 Å². The molecule has 4 heteroatoms. The second-order valence-corrected chi connectivity index (χ2v) is 2.56. The summed E-state index contributed by atoms with van der Waals surface area (Å²) in [6.45, 7) is 4.17. The number of aliphatic hydroxyl groups is 1. The van der Waals surface area contributed by atoms with Crippen molar-refractivity contribution in [3.05, 3.63) is 18.2 Å². The van der Waals surface area contributed by atoms with Gasteiger partial charge >= 0.3 is 0 Å². The summed E-state index contributed by atoms with van der Waals surface area (Å²) in [4.78, 5) is 3.97. The number of hydrogen-bond acceptors (Lipinski definition) is 2. The van der Waals surface area contributed by atoms with Crippen LogP contribution in [0.3, 0.4) is 0 Å². The van der Waals surface area contributed by atoms with E-state index < -0.39 is 0 Å². The Bertz CT molecular complexity index is 210. The zero-order chi connectivity index (χ0) is 7.56. The van der Waals surface area contributed by atoms with Crippen LogP contribution in [0.1, 0.15) is 25.6 Å². The largest absolute Gasteiger partial charge is 0.390 e. The predicted molar refractivity (Wildman–Crippen MR) is 45.8 cm³/mol. The average Bonchev–Trinajstić information content (AvgIpc) is 2.34. The molecule has 0 aliphatic carbocycles. The van der Waals surface area contributed by atoms with Gasteiger partial charge in [0.15, 0.2) is 0 Å². The summed E-state index contributed by atoms with van der Waals surface area (Å²) in [5, 5.41) is 8.66. The normalized spacial score (nSPS) is 9.82. The third-order valence-electron chi connectivity index (χ3n) is 1.41. The van der Waals surface area contributed by atoms with E-state index in [1.165, 1.54) is 0 Å². The number of rotatable bonds is 2. The molecule has 1 N–H and O–H groups in total. The molecule has 0 bridgehead atoms. The van der Waals surface area contributed by atoms with Gasteiger partial charge in [0.25, 0.3) is 0 Å². The fraction of sp³-hybridized carbons (Fsp3) is 0.571. The Morgan fingerprint density at radius 1 is 1.64 bits per heavy atom. The van der Waals surface area contributed by atoms with Gasteiger partial charge in [0.05, 0.1) is 18.6 Å². The molecule has 1 aromatic rings. The molecule has 0 radical (unpaired) electrons. The van der Waals surface area contributed by atoms with Crippen molar-refractivity contribution < 1.29 is 5.11 Å². The minimum absolute atomic E-state index is 0. The third kappa shape index (κ3) is 2.52.